The first-order valence-electron chi connectivity index (χ1n) is 10.8. The molecule has 7 heteroatoms. The van der Waals surface area contributed by atoms with Crippen LogP contribution in [0, 0.1) is 5.41 Å². The number of carbonyl (C=O) groups excluding carboxylic acids is 2. The molecule has 31 heavy (non-hydrogen) atoms. The van der Waals surface area contributed by atoms with E-state index >= 15 is 0 Å². The number of likely N-dealkylation sites (N-methyl/N-ethyl adjacent to an activating group) is 1. The fourth-order valence-corrected chi connectivity index (χ4v) is 4.41. The monoisotopic (exact) mass is 422 g/mol. The molecule has 2 N–H and O–H groups in total. The number of aromatic amines is 1. The van der Waals surface area contributed by atoms with E-state index in [-0.39, 0.29) is 16.8 Å². The summed E-state index contributed by atoms with van der Waals surface area (Å²) in [5, 5.41) is 2.82. The van der Waals surface area contributed by atoms with Gasteiger partial charge in [-0.2, -0.15) is 0 Å². The predicted molar refractivity (Wildman–Crippen MR) is 121 cm³/mol. The number of carbonyl (C=O) groups is 2. The van der Waals surface area contributed by atoms with Gasteiger partial charge in [-0.3, -0.25) is 19.3 Å². The van der Waals surface area contributed by atoms with Crippen LogP contribution in [0.1, 0.15) is 52.2 Å². The third-order valence-electron chi connectivity index (χ3n) is 6.15. The van der Waals surface area contributed by atoms with Crippen molar-refractivity contribution >= 4 is 17.4 Å². The van der Waals surface area contributed by atoms with Crippen LogP contribution in [-0.4, -0.2) is 59.7 Å². The molecule has 7 nitrogen and oxygen atoms in total. The first-order chi connectivity index (χ1) is 14.7. The lowest BCUT2D eigenvalue weighted by Crippen LogP contribution is -2.43. The highest BCUT2D eigenvalue weighted by Crippen LogP contribution is 2.33. The molecular formula is C24H30N4O3. The molecule has 2 heterocycles. The minimum absolute atomic E-state index is 0.0312. The Kier molecular flexibility index (Phi) is 5.81. The minimum Gasteiger partial charge on any atom is -0.325 e. The summed E-state index contributed by atoms with van der Waals surface area (Å²) < 4.78 is 0. The third-order valence-corrected chi connectivity index (χ3v) is 6.15. The number of anilines is 1. The SMILES string of the molecule is CN1CCN(Cc2cccc(NC(=O)c3cc4c([nH]c3=O)CC(C)(C)CC4=O)c2)CC1. The van der Waals surface area contributed by atoms with Gasteiger partial charge in [-0.05, 0) is 42.6 Å². The molecule has 0 radical (unpaired) electrons. The number of hydrogen-bond acceptors (Lipinski definition) is 5. The highest BCUT2D eigenvalue weighted by Gasteiger charge is 2.32. The minimum atomic E-state index is -0.501. The van der Waals surface area contributed by atoms with Crippen LogP contribution < -0.4 is 10.9 Å². The summed E-state index contributed by atoms with van der Waals surface area (Å²) in [5.41, 5.74) is 2.14. The summed E-state index contributed by atoms with van der Waals surface area (Å²) in [7, 11) is 2.13. The fraction of sp³-hybridized carbons (Fsp3) is 0.458. The Morgan fingerprint density at radius 2 is 1.84 bits per heavy atom. The Morgan fingerprint density at radius 1 is 1.10 bits per heavy atom. The zero-order valence-corrected chi connectivity index (χ0v) is 18.5. The first kappa shape index (κ1) is 21.5. The molecule has 2 aromatic rings. The smallest absolute Gasteiger partial charge is 0.261 e. The lowest BCUT2D eigenvalue weighted by Gasteiger charge is -2.32. The van der Waals surface area contributed by atoms with Crippen LogP contribution in [0.4, 0.5) is 5.69 Å². The maximum absolute atomic E-state index is 12.8. The van der Waals surface area contributed by atoms with E-state index in [1.54, 1.807) is 0 Å². The van der Waals surface area contributed by atoms with E-state index in [0.717, 1.165) is 38.3 Å². The van der Waals surface area contributed by atoms with Gasteiger partial charge in [-0.1, -0.05) is 26.0 Å². The number of amides is 1. The molecule has 1 aromatic heterocycles. The Bertz CT molecular complexity index is 1060. The summed E-state index contributed by atoms with van der Waals surface area (Å²) in [5.74, 6) is -0.538. The van der Waals surface area contributed by atoms with Gasteiger partial charge in [0.05, 0.1) is 0 Å². The molecule has 1 aliphatic carbocycles. The van der Waals surface area contributed by atoms with Crippen LogP contribution in [-0.2, 0) is 13.0 Å². The van der Waals surface area contributed by atoms with Crippen LogP contribution in [0.5, 0.6) is 0 Å². The number of H-pyrrole nitrogens is 1. The van der Waals surface area contributed by atoms with Gasteiger partial charge in [-0.15, -0.1) is 0 Å². The van der Waals surface area contributed by atoms with E-state index in [1.165, 1.54) is 6.07 Å². The molecule has 1 saturated heterocycles. The quantitative estimate of drug-likeness (QED) is 0.791. The number of benzene rings is 1. The molecule has 164 valence electrons. The number of ketones is 1. The van der Waals surface area contributed by atoms with E-state index in [2.05, 4.69) is 27.1 Å². The van der Waals surface area contributed by atoms with Gasteiger partial charge in [0.25, 0.3) is 11.5 Å². The molecule has 0 spiro atoms. The number of fused-ring (bicyclic) bond motifs is 1. The van der Waals surface area contributed by atoms with E-state index < -0.39 is 11.5 Å². The van der Waals surface area contributed by atoms with E-state index in [0.29, 0.717) is 29.8 Å². The maximum Gasteiger partial charge on any atom is 0.261 e. The second-order valence-electron chi connectivity index (χ2n) is 9.58. The number of piperazine rings is 1. The van der Waals surface area contributed by atoms with Gasteiger partial charge in [0.1, 0.15) is 5.56 Å². The lowest BCUT2D eigenvalue weighted by atomic mass is 9.75. The van der Waals surface area contributed by atoms with Crippen LogP contribution in [0.15, 0.2) is 35.1 Å². The van der Waals surface area contributed by atoms with E-state index in [4.69, 9.17) is 0 Å². The van der Waals surface area contributed by atoms with Crippen molar-refractivity contribution in [3.8, 4) is 0 Å². The summed E-state index contributed by atoms with van der Waals surface area (Å²) in [4.78, 5) is 45.4. The zero-order valence-electron chi connectivity index (χ0n) is 18.5. The number of nitrogens with zero attached hydrogens (tertiary/aromatic N) is 2. The average Bonchev–Trinajstić information content (AvgIpc) is 2.68. The van der Waals surface area contributed by atoms with E-state index in [9.17, 15) is 14.4 Å². The molecule has 1 aliphatic heterocycles. The van der Waals surface area contributed by atoms with Crippen molar-refractivity contribution in [3.05, 3.63) is 63.1 Å². The summed E-state index contributed by atoms with van der Waals surface area (Å²) in [6.45, 7) is 8.96. The summed E-state index contributed by atoms with van der Waals surface area (Å²) in [6.07, 6.45) is 1.01. The van der Waals surface area contributed by atoms with Crippen molar-refractivity contribution in [3.63, 3.8) is 0 Å². The Labute approximate surface area is 182 Å². The topological polar surface area (TPSA) is 85.5 Å². The number of hydrogen-bond donors (Lipinski definition) is 2. The molecule has 0 bridgehead atoms. The number of nitrogens with one attached hydrogen (secondary N) is 2. The Hall–Kier alpha value is -2.77. The summed E-state index contributed by atoms with van der Waals surface area (Å²) in [6, 6.07) is 9.15. The molecule has 1 amide bonds. The first-order valence-corrected chi connectivity index (χ1v) is 10.8. The second kappa shape index (κ2) is 8.40. The van der Waals surface area contributed by atoms with Crippen molar-refractivity contribution in [1.29, 1.82) is 0 Å². The third kappa shape index (κ3) is 4.94. The van der Waals surface area contributed by atoms with Crippen molar-refractivity contribution in [2.45, 2.75) is 33.2 Å². The molecule has 0 saturated carbocycles. The largest absolute Gasteiger partial charge is 0.325 e. The van der Waals surface area contributed by atoms with Crippen LogP contribution in [0.3, 0.4) is 0 Å². The highest BCUT2D eigenvalue weighted by molar-refractivity contribution is 6.06. The van der Waals surface area contributed by atoms with Gasteiger partial charge in [0.2, 0.25) is 0 Å². The molecular weight excluding hydrogens is 392 g/mol. The average molecular weight is 423 g/mol. The standard InChI is InChI=1S/C24H30N4O3/c1-24(2)13-20-18(21(29)14-24)12-19(23(31)26-20)22(30)25-17-6-4-5-16(11-17)15-28-9-7-27(3)8-10-28/h4-6,11-12H,7-10,13-15H2,1-3H3,(H,25,30)(H,26,31). The van der Waals surface area contributed by atoms with Crippen LogP contribution in [0.2, 0.25) is 0 Å². The number of Topliss-reactive ketones (excluding diaryl/α,β-unsaturated/α-hetero) is 1. The molecule has 1 fully saturated rings. The van der Waals surface area contributed by atoms with Gasteiger partial charge < -0.3 is 15.2 Å². The molecule has 0 unspecified atom stereocenters. The van der Waals surface area contributed by atoms with Crippen molar-refractivity contribution in [2.75, 3.05) is 38.5 Å². The van der Waals surface area contributed by atoms with Crippen molar-refractivity contribution < 1.29 is 9.59 Å². The van der Waals surface area contributed by atoms with Gasteiger partial charge in [0.15, 0.2) is 5.78 Å². The highest BCUT2D eigenvalue weighted by atomic mass is 16.2. The molecule has 4 rings (SSSR count). The predicted octanol–water partition coefficient (Wildman–Crippen LogP) is 2.53. The zero-order chi connectivity index (χ0) is 22.2. The lowest BCUT2D eigenvalue weighted by molar-refractivity contribution is 0.0910. The Morgan fingerprint density at radius 3 is 2.58 bits per heavy atom. The van der Waals surface area contributed by atoms with Crippen LogP contribution >= 0.6 is 0 Å². The fourth-order valence-electron chi connectivity index (χ4n) is 4.41. The van der Waals surface area contributed by atoms with Crippen LogP contribution in [0.25, 0.3) is 0 Å². The maximum atomic E-state index is 12.8. The van der Waals surface area contributed by atoms with Gasteiger partial charge in [0, 0.05) is 56.1 Å². The number of aromatic nitrogens is 1. The molecule has 1 aromatic carbocycles. The molecule has 2 aliphatic rings. The van der Waals surface area contributed by atoms with E-state index in [1.807, 2.05) is 38.1 Å². The number of rotatable bonds is 4. The molecule has 0 atom stereocenters. The van der Waals surface area contributed by atoms with Crippen molar-refractivity contribution in [1.82, 2.24) is 14.8 Å². The van der Waals surface area contributed by atoms with Crippen molar-refractivity contribution in [2.24, 2.45) is 5.41 Å². The second-order valence-corrected chi connectivity index (χ2v) is 9.58. The summed E-state index contributed by atoms with van der Waals surface area (Å²) >= 11 is 0. The normalized spacial score (nSPS) is 19.1. The van der Waals surface area contributed by atoms with Gasteiger partial charge in [-0.25, -0.2) is 0 Å². The van der Waals surface area contributed by atoms with Gasteiger partial charge >= 0.3 is 0 Å². The Balaban J connectivity index is 1.49. The number of pyridine rings is 1.